The number of anilines is 1. The molecule has 2 N–H and O–H groups in total. The van der Waals surface area contributed by atoms with Crippen molar-refractivity contribution >= 4 is 11.7 Å². The van der Waals surface area contributed by atoms with Gasteiger partial charge in [0.05, 0.1) is 6.61 Å². The number of unbranched alkanes of at least 4 members (excludes halogenated alkanes) is 1. The van der Waals surface area contributed by atoms with E-state index in [4.69, 9.17) is 10.5 Å². The van der Waals surface area contributed by atoms with Gasteiger partial charge in [-0.3, -0.25) is 4.79 Å². The minimum absolute atomic E-state index is 0.120. The van der Waals surface area contributed by atoms with Crippen LogP contribution in [-0.2, 0) is 16.0 Å². The third kappa shape index (κ3) is 4.82. The van der Waals surface area contributed by atoms with E-state index >= 15 is 0 Å². The summed E-state index contributed by atoms with van der Waals surface area (Å²) < 4.78 is 5.06. The molecule has 0 aliphatic rings. The Bertz CT molecular complexity index is 319. The molecule has 3 nitrogen and oxygen atoms in total. The van der Waals surface area contributed by atoms with Gasteiger partial charge in [0.1, 0.15) is 0 Å². The number of benzene rings is 1. The SMILES string of the molecule is CCCCOC(=O)CCc1ccc(N)cc1. The zero-order valence-electron chi connectivity index (χ0n) is 9.74. The van der Waals surface area contributed by atoms with Crippen molar-refractivity contribution in [2.75, 3.05) is 12.3 Å². The molecule has 0 atom stereocenters. The van der Waals surface area contributed by atoms with Crippen LogP contribution < -0.4 is 5.73 Å². The lowest BCUT2D eigenvalue weighted by atomic mass is 10.1. The number of hydrogen-bond donors (Lipinski definition) is 1. The normalized spacial score (nSPS) is 10.1. The largest absolute Gasteiger partial charge is 0.466 e. The topological polar surface area (TPSA) is 52.3 Å². The molecule has 88 valence electrons. The van der Waals surface area contributed by atoms with Crippen molar-refractivity contribution in [3.63, 3.8) is 0 Å². The van der Waals surface area contributed by atoms with E-state index in [1.54, 1.807) is 0 Å². The average Bonchev–Trinajstić information content (AvgIpc) is 2.29. The van der Waals surface area contributed by atoms with Crippen molar-refractivity contribution < 1.29 is 9.53 Å². The van der Waals surface area contributed by atoms with Crippen molar-refractivity contribution in [3.8, 4) is 0 Å². The predicted octanol–water partition coefficient (Wildman–Crippen LogP) is 2.54. The average molecular weight is 221 g/mol. The van der Waals surface area contributed by atoms with E-state index in [2.05, 4.69) is 6.92 Å². The number of aryl methyl sites for hydroxylation is 1. The molecule has 0 aliphatic heterocycles. The number of esters is 1. The summed E-state index contributed by atoms with van der Waals surface area (Å²) in [7, 11) is 0. The molecule has 0 spiro atoms. The van der Waals surface area contributed by atoms with E-state index in [0.29, 0.717) is 19.4 Å². The van der Waals surface area contributed by atoms with Crippen molar-refractivity contribution in [1.29, 1.82) is 0 Å². The van der Waals surface area contributed by atoms with Crippen LogP contribution >= 0.6 is 0 Å². The number of nitrogens with two attached hydrogens (primary N) is 1. The maximum Gasteiger partial charge on any atom is 0.306 e. The van der Waals surface area contributed by atoms with Gasteiger partial charge in [0.15, 0.2) is 0 Å². The fraction of sp³-hybridized carbons (Fsp3) is 0.462. The van der Waals surface area contributed by atoms with E-state index in [-0.39, 0.29) is 5.97 Å². The summed E-state index contributed by atoms with van der Waals surface area (Å²) in [6.45, 7) is 2.61. The molecule has 0 saturated heterocycles. The van der Waals surface area contributed by atoms with Crippen molar-refractivity contribution in [2.24, 2.45) is 0 Å². The summed E-state index contributed by atoms with van der Waals surface area (Å²) in [6.07, 6.45) is 3.14. The Balaban J connectivity index is 2.23. The standard InChI is InChI=1S/C13H19NO2/c1-2-3-10-16-13(15)9-6-11-4-7-12(14)8-5-11/h4-5,7-8H,2-3,6,9-10,14H2,1H3. The van der Waals surface area contributed by atoms with Gasteiger partial charge in [-0.1, -0.05) is 25.5 Å². The Hall–Kier alpha value is -1.51. The second-order valence-electron chi connectivity index (χ2n) is 3.82. The van der Waals surface area contributed by atoms with E-state index in [1.807, 2.05) is 24.3 Å². The van der Waals surface area contributed by atoms with E-state index in [9.17, 15) is 4.79 Å². The fourth-order valence-electron chi connectivity index (χ4n) is 1.33. The predicted molar refractivity (Wildman–Crippen MR) is 65.0 cm³/mol. The first-order chi connectivity index (χ1) is 7.72. The molecule has 0 amide bonds. The molecule has 0 saturated carbocycles. The number of carbonyl (C=O) groups is 1. The molecule has 0 aliphatic carbocycles. The van der Waals surface area contributed by atoms with Gasteiger partial charge in [0, 0.05) is 12.1 Å². The first kappa shape index (κ1) is 12.6. The Morgan fingerprint density at radius 1 is 1.31 bits per heavy atom. The molecule has 0 aromatic heterocycles. The van der Waals surface area contributed by atoms with Gasteiger partial charge in [0.2, 0.25) is 0 Å². The molecule has 1 aromatic carbocycles. The van der Waals surface area contributed by atoms with Gasteiger partial charge < -0.3 is 10.5 Å². The van der Waals surface area contributed by atoms with E-state index in [0.717, 1.165) is 24.1 Å². The number of rotatable bonds is 6. The van der Waals surface area contributed by atoms with Gasteiger partial charge >= 0.3 is 5.97 Å². The minimum Gasteiger partial charge on any atom is -0.466 e. The number of nitrogen functional groups attached to an aromatic ring is 1. The van der Waals surface area contributed by atoms with Crippen LogP contribution in [-0.4, -0.2) is 12.6 Å². The molecule has 0 fully saturated rings. The summed E-state index contributed by atoms with van der Waals surface area (Å²) >= 11 is 0. The summed E-state index contributed by atoms with van der Waals surface area (Å²) in [5.41, 5.74) is 7.43. The summed E-state index contributed by atoms with van der Waals surface area (Å²) in [5.74, 6) is -0.120. The lowest BCUT2D eigenvalue weighted by molar-refractivity contribution is -0.143. The Morgan fingerprint density at radius 2 is 2.00 bits per heavy atom. The van der Waals surface area contributed by atoms with Crippen LogP contribution in [0.5, 0.6) is 0 Å². The first-order valence-corrected chi connectivity index (χ1v) is 5.72. The molecule has 0 heterocycles. The third-order valence-electron chi connectivity index (χ3n) is 2.36. The molecule has 0 unspecified atom stereocenters. The molecule has 0 bridgehead atoms. The van der Waals surface area contributed by atoms with Crippen LogP contribution in [0.1, 0.15) is 31.7 Å². The Kier molecular flexibility index (Phi) is 5.40. The van der Waals surface area contributed by atoms with Crippen LogP contribution in [0.25, 0.3) is 0 Å². The molecule has 16 heavy (non-hydrogen) atoms. The van der Waals surface area contributed by atoms with Crippen LogP contribution in [0.4, 0.5) is 5.69 Å². The van der Waals surface area contributed by atoms with E-state index in [1.165, 1.54) is 0 Å². The summed E-state index contributed by atoms with van der Waals surface area (Å²) in [6, 6.07) is 7.57. The lowest BCUT2D eigenvalue weighted by Gasteiger charge is -2.04. The van der Waals surface area contributed by atoms with Gasteiger partial charge in [-0.2, -0.15) is 0 Å². The second-order valence-corrected chi connectivity index (χ2v) is 3.82. The molecule has 3 heteroatoms. The van der Waals surface area contributed by atoms with Crippen LogP contribution in [0, 0.1) is 0 Å². The van der Waals surface area contributed by atoms with Crippen molar-refractivity contribution in [2.45, 2.75) is 32.6 Å². The highest BCUT2D eigenvalue weighted by Crippen LogP contribution is 2.08. The highest BCUT2D eigenvalue weighted by atomic mass is 16.5. The molecule has 1 rings (SSSR count). The number of carbonyl (C=O) groups excluding carboxylic acids is 1. The van der Waals surface area contributed by atoms with Crippen molar-refractivity contribution in [1.82, 2.24) is 0 Å². The monoisotopic (exact) mass is 221 g/mol. The van der Waals surface area contributed by atoms with Crippen LogP contribution in [0.15, 0.2) is 24.3 Å². The first-order valence-electron chi connectivity index (χ1n) is 5.72. The summed E-state index contributed by atoms with van der Waals surface area (Å²) in [4.78, 5) is 11.3. The zero-order chi connectivity index (χ0) is 11.8. The summed E-state index contributed by atoms with van der Waals surface area (Å²) in [5, 5.41) is 0. The Labute approximate surface area is 96.6 Å². The highest BCUT2D eigenvalue weighted by Gasteiger charge is 2.02. The molecule has 1 aromatic rings. The molecule has 0 radical (unpaired) electrons. The van der Waals surface area contributed by atoms with Gasteiger partial charge in [-0.05, 0) is 30.5 Å². The smallest absolute Gasteiger partial charge is 0.306 e. The highest BCUT2D eigenvalue weighted by molar-refractivity contribution is 5.69. The quantitative estimate of drug-likeness (QED) is 0.456. The Morgan fingerprint density at radius 3 is 2.62 bits per heavy atom. The van der Waals surface area contributed by atoms with Gasteiger partial charge in [0.25, 0.3) is 0 Å². The number of hydrogen-bond acceptors (Lipinski definition) is 3. The van der Waals surface area contributed by atoms with E-state index < -0.39 is 0 Å². The fourth-order valence-corrected chi connectivity index (χ4v) is 1.33. The zero-order valence-corrected chi connectivity index (χ0v) is 9.74. The maximum absolute atomic E-state index is 11.3. The van der Waals surface area contributed by atoms with Crippen molar-refractivity contribution in [3.05, 3.63) is 29.8 Å². The van der Waals surface area contributed by atoms with Gasteiger partial charge in [-0.15, -0.1) is 0 Å². The lowest BCUT2D eigenvalue weighted by Crippen LogP contribution is -2.06. The maximum atomic E-state index is 11.3. The second kappa shape index (κ2) is 6.88. The minimum atomic E-state index is -0.120. The van der Waals surface area contributed by atoms with Crippen LogP contribution in [0.2, 0.25) is 0 Å². The molecular formula is C13H19NO2. The third-order valence-corrected chi connectivity index (χ3v) is 2.36. The van der Waals surface area contributed by atoms with Crippen LogP contribution in [0.3, 0.4) is 0 Å². The molecular weight excluding hydrogens is 202 g/mol. The van der Waals surface area contributed by atoms with Gasteiger partial charge in [-0.25, -0.2) is 0 Å². The number of ether oxygens (including phenoxy) is 1.